The Labute approximate surface area is 142 Å². The first-order chi connectivity index (χ1) is 6.72. The standard InChI is InChI=1S/C6H13O8P.2Na/c1-2-3(7)4(8)5(9)6(13-2)14-15(10,11)12;;/h2-9H,1H3,(H2,10,11,12);;/q;2*+1/p-2/t2-,3+,4+,5+,6-;;/m0../s1. The Morgan fingerprint density at radius 1 is 1.12 bits per heavy atom. The summed E-state index contributed by atoms with van der Waals surface area (Å²) >= 11 is 0. The molecule has 0 aliphatic carbocycles. The van der Waals surface area contributed by atoms with Crippen LogP contribution in [0, 0.1) is 0 Å². The van der Waals surface area contributed by atoms with Crippen LogP contribution in [0.5, 0.6) is 0 Å². The van der Waals surface area contributed by atoms with Crippen molar-refractivity contribution in [3.05, 3.63) is 0 Å². The second kappa shape index (κ2) is 8.28. The Kier molecular flexibility index (Phi) is 10.4. The Balaban J connectivity index is 0. The molecule has 0 aromatic rings. The number of phosphoric acid groups is 1. The van der Waals surface area contributed by atoms with E-state index in [2.05, 4.69) is 4.52 Å². The van der Waals surface area contributed by atoms with E-state index in [1.54, 1.807) is 0 Å². The van der Waals surface area contributed by atoms with Gasteiger partial charge >= 0.3 is 59.1 Å². The van der Waals surface area contributed by atoms with Crippen molar-refractivity contribution in [2.45, 2.75) is 37.6 Å². The second-order valence-electron chi connectivity index (χ2n) is 3.23. The first-order valence-corrected chi connectivity index (χ1v) is 5.58. The number of phosphoric ester groups is 1. The Morgan fingerprint density at radius 2 is 1.59 bits per heavy atom. The van der Waals surface area contributed by atoms with Crippen molar-refractivity contribution in [1.29, 1.82) is 0 Å². The van der Waals surface area contributed by atoms with Crippen molar-refractivity contribution < 1.29 is 98.0 Å². The molecule has 1 aliphatic rings. The molecule has 0 aromatic heterocycles. The predicted molar refractivity (Wildman–Crippen MR) is 41.0 cm³/mol. The molecule has 0 spiro atoms. The zero-order valence-electron chi connectivity index (χ0n) is 9.72. The minimum Gasteiger partial charge on any atom is -0.790 e. The molecule has 1 saturated heterocycles. The average Bonchev–Trinajstić information content (AvgIpc) is 2.08. The molecule has 3 N–H and O–H groups in total. The van der Waals surface area contributed by atoms with Crippen molar-refractivity contribution in [1.82, 2.24) is 0 Å². The van der Waals surface area contributed by atoms with Gasteiger partial charge in [0.15, 0.2) is 6.29 Å². The fraction of sp³-hybridized carbons (Fsp3) is 1.00. The maximum atomic E-state index is 10.3. The zero-order chi connectivity index (χ0) is 11.8. The summed E-state index contributed by atoms with van der Waals surface area (Å²) in [6.07, 6.45) is -7.56. The van der Waals surface area contributed by atoms with Crippen LogP contribution in [0.1, 0.15) is 6.92 Å². The third-order valence-electron chi connectivity index (χ3n) is 2.04. The molecule has 1 fully saturated rings. The van der Waals surface area contributed by atoms with Gasteiger partial charge in [-0.15, -0.1) is 0 Å². The molecule has 0 radical (unpaired) electrons. The van der Waals surface area contributed by atoms with Crippen molar-refractivity contribution in [3.8, 4) is 0 Å². The average molecular weight is 288 g/mol. The summed E-state index contributed by atoms with van der Waals surface area (Å²) in [6.45, 7) is 1.33. The summed E-state index contributed by atoms with van der Waals surface area (Å²) < 4.78 is 18.8. The monoisotopic (exact) mass is 288 g/mol. The largest absolute Gasteiger partial charge is 1.00 e. The number of ether oxygens (including phenoxy) is 1. The number of hydrogen-bond acceptors (Lipinski definition) is 8. The van der Waals surface area contributed by atoms with E-state index >= 15 is 0 Å². The SMILES string of the molecule is C[C@@H]1O[C@@H](OP(=O)([O-])[O-])[C@H](O)[C@H](O)[C@@H]1O.[Na+].[Na+]. The molecule has 11 heteroatoms. The van der Waals surface area contributed by atoms with E-state index in [-0.39, 0.29) is 59.1 Å². The van der Waals surface area contributed by atoms with Crippen LogP contribution in [0.3, 0.4) is 0 Å². The van der Waals surface area contributed by atoms with Gasteiger partial charge in [-0.3, -0.25) is 0 Å². The normalized spacial score (nSPS) is 37.9. The van der Waals surface area contributed by atoms with Crippen molar-refractivity contribution in [3.63, 3.8) is 0 Å². The topological polar surface area (TPSA) is 142 Å². The van der Waals surface area contributed by atoms with Crippen molar-refractivity contribution in [2.75, 3.05) is 0 Å². The van der Waals surface area contributed by atoms with Gasteiger partial charge in [0.25, 0.3) is 0 Å². The minimum absolute atomic E-state index is 0. The fourth-order valence-corrected chi connectivity index (χ4v) is 1.66. The summed E-state index contributed by atoms with van der Waals surface area (Å²) in [5.74, 6) is 0. The van der Waals surface area contributed by atoms with Gasteiger partial charge in [0.1, 0.15) is 18.3 Å². The fourth-order valence-electron chi connectivity index (χ4n) is 1.23. The van der Waals surface area contributed by atoms with Gasteiger partial charge in [-0.2, -0.15) is 0 Å². The van der Waals surface area contributed by atoms with E-state index in [1.165, 1.54) is 6.92 Å². The Hall–Kier alpha value is 1.95. The van der Waals surface area contributed by atoms with E-state index in [1.807, 2.05) is 0 Å². The first-order valence-electron chi connectivity index (χ1n) is 4.12. The van der Waals surface area contributed by atoms with E-state index in [4.69, 9.17) is 4.74 Å². The Bertz CT molecular complexity index is 273. The van der Waals surface area contributed by atoms with E-state index in [9.17, 15) is 29.7 Å². The van der Waals surface area contributed by atoms with Gasteiger partial charge in [-0.25, -0.2) is 0 Å². The van der Waals surface area contributed by atoms with E-state index in [0.29, 0.717) is 0 Å². The first kappa shape index (κ1) is 21.3. The van der Waals surface area contributed by atoms with Crippen molar-refractivity contribution in [2.24, 2.45) is 0 Å². The van der Waals surface area contributed by atoms with Gasteiger partial charge in [-0.05, 0) is 6.92 Å². The molecule has 1 rings (SSSR count). The number of hydrogen-bond donors (Lipinski definition) is 3. The summed E-state index contributed by atoms with van der Waals surface area (Å²) in [7, 11) is -5.32. The molecule has 0 aromatic carbocycles. The van der Waals surface area contributed by atoms with Crippen LogP contribution >= 0.6 is 7.82 Å². The molecular formula is C6H11Na2O8P. The van der Waals surface area contributed by atoms with Crippen LogP contribution in [0.2, 0.25) is 0 Å². The van der Waals surface area contributed by atoms with Crippen LogP contribution in [-0.4, -0.2) is 46.0 Å². The zero-order valence-corrected chi connectivity index (χ0v) is 14.6. The summed E-state index contributed by atoms with van der Waals surface area (Å²) in [5, 5.41) is 27.7. The summed E-state index contributed by atoms with van der Waals surface area (Å²) in [5.41, 5.74) is 0. The second-order valence-corrected chi connectivity index (χ2v) is 4.34. The molecule has 90 valence electrons. The summed E-state index contributed by atoms with van der Waals surface area (Å²) in [6, 6.07) is 0. The van der Waals surface area contributed by atoms with Gasteiger partial charge in [0, 0.05) is 0 Å². The van der Waals surface area contributed by atoms with E-state index < -0.39 is 38.5 Å². The number of rotatable bonds is 2. The molecule has 8 nitrogen and oxygen atoms in total. The third kappa shape index (κ3) is 6.29. The molecule has 1 aliphatic heterocycles. The van der Waals surface area contributed by atoms with Crippen LogP contribution in [0.4, 0.5) is 0 Å². The molecular weight excluding hydrogens is 277 g/mol. The quantitative estimate of drug-likeness (QED) is 0.336. The molecule has 17 heavy (non-hydrogen) atoms. The van der Waals surface area contributed by atoms with Crippen LogP contribution in [0.25, 0.3) is 0 Å². The Morgan fingerprint density at radius 3 is 2.00 bits per heavy atom. The smallest absolute Gasteiger partial charge is 0.790 e. The molecule has 0 saturated carbocycles. The summed E-state index contributed by atoms with van der Waals surface area (Å²) in [4.78, 5) is 20.5. The number of aliphatic hydroxyl groups is 3. The van der Waals surface area contributed by atoms with E-state index in [0.717, 1.165) is 0 Å². The van der Waals surface area contributed by atoms with Gasteiger partial charge in [0.2, 0.25) is 0 Å². The van der Waals surface area contributed by atoms with Gasteiger partial charge < -0.3 is 38.9 Å². The van der Waals surface area contributed by atoms with Crippen LogP contribution < -0.4 is 68.9 Å². The molecule has 0 amide bonds. The molecule has 1 heterocycles. The van der Waals surface area contributed by atoms with Crippen LogP contribution in [0.15, 0.2) is 0 Å². The molecule has 0 bridgehead atoms. The number of aliphatic hydroxyl groups excluding tert-OH is 3. The van der Waals surface area contributed by atoms with Gasteiger partial charge in [0.05, 0.1) is 13.9 Å². The van der Waals surface area contributed by atoms with Crippen molar-refractivity contribution >= 4 is 7.82 Å². The maximum absolute atomic E-state index is 10.3. The maximum Gasteiger partial charge on any atom is 1.00 e. The molecule has 5 atom stereocenters. The third-order valence-corrected chi connectivity index (χ3v) is 2.51. The minimum atomic E-state index is -5.32. The molecule has 0 unspecified atom stereocenters. The van der Waals surface area contributed by atoms with Gasteiger partial charge in [-0.1, -0.05) is 0 Å². The predicted octanol–water partition coefficient (Wildman–Crippen LogP) is -9.33. The van der Waals surface area contributed by atoms with Crippen LogP contribution in [-0.2, 0) is 13.8 Å².